The molecule has 0 aliphatic rings. The van der Waals surface area contributed by atoms with Crippen molar-refractivity contribution in [3.63, 3.8) is 0 Å². The standard InChI is InChI=1S/C20H20N2O/c1-14-7-10-18(11-8-14)21-15(2)20(23)22-19-12-9-16-5-3-4-6-17(16)13-19/h3-13,15,21H,1-2H3,(H,22,23)/t15-/m0/s1. The quantitative estimate of drug-likeness (QED) is 0.740. The highest BCUT2D eigenvalue weighted by molar-refractivity contribution is 5.98. The summed E-state index contributed by atoms with van der Waals surface area (Å²) >= 11 is 0. The third-order valence-electron chi connectivity index (χ3n) is 3.85. The summed E-state index contributed by atoms with van der Waals surface area (Å²) in [6.45, 7) is 3.90. The Morgan fingerprint density at radius 1 is 0.870 bits per heavy atom. The molecule has 3 rings (SSSR count). The number of aryl methyl sites for hydroxylation is 1. The summed E-state index contributed by atoms with van der Waals surface area (Å²) in [5.41, 5.74) is 2.95. The van der Waals surface area contributed by atoms with E-state index in [4.69, 9.17) is 0 Å². The monoisotopic (exact) mass is 304 g/mol. The van der Waals surface area contributed by atoms with Crippen LogP contribution in [0.1, 0.15) is 12.5 Å². The lowest BCUT2D eigenvalue weighted by molar-refractivity contribution is -0.116. The van der Waals surface area contributed by atoms with Crippen molar-refractivity contribution in [3.05, 3.63) is 72.3 Å². The zero-order chi connectivity index (χ0) is 16.2. The van der Waals surface area contributed by atoms with Gasteiger partial charge >= 0.3 is 0 Å². The van der Waals surface area contributed by atoms with Crippen molar-refractivity contribution in [3.8, 4) is 0 Å². The molecule has 3 heteroatoms. The van der Waals surface area contributed by atoms with Gasteiger partial charge in [0.1, 0.15) is 6.04 Å². The largest absolute Gasteiger partial charge is 0.374 e. The molecule has 0 saturated heterocycles. The molecule has 1 amide bonds. The maximum absolute atomic E-state index is 12.3. The highest BCUT2D eigenvalue weighted by atomic mass is 16.2. The van der Waals surface area contributed by atoms with Crippen LogP contribution >= 0.6 is 0 Å². The molecule has 1 atom stereocenters. The number of amides is 1. The molecule has 0 heterocycles. The minimum absolute atomic E-state index is 0.0548. The Balaban J connectivity index is 1.68. The second-order valence-electron chi connectivity index (χ2n) is 5.78. The van der Waals surface area contributed by atoms with Crippen molar-refractivity contribution in [1.82, 2.24) is 0 Å². The molecule has 116 valence electrons. The van der Waals surface area contributed by atoms with Gasteiger partial charge in [0.2, 0.25) is 5.91 Å². The van der Waals surface area contributed by atoms with Gasteiger partial charge in [-0.2, -0.15) is 0 Å². The van der Waals surface area contributed by atoms with Crippen molar-refractivity contribution < 1.29 is 4.79 Å². The van der Waals surface area contributed by atoms with Gasteiger partial charge in [-0.1, -0.05) is 48.0 Å². The molecule has 0 aromatic heterocycles. The number of benzene rings is 3. The van der Waals surface area contributed by atoms with Crippen LogP contribution in [0, 0.1) is 6.92 Å². The number of rotatable bonds is 4. The third-order valence-corrected chi connectivity index (χ3v) is 3.85. The van der Waals surface area contributed by atoms with E-state index in [1.807, 2.05) is 74.5 Å². The Labute approximate surface area is 136 Å². The first-order chi connectivity index (χ1) is 11.1. The summed E-state index contributed by atoms with van der Waals surface area (Å²) in [7, 11) is 0. The lowest BCUT2D eigenvalue weighted by Crippen LogP contribution is -2.31. The van der Waals surface area contributed by atoms with Gasteiger partial charge in [-0.05, 0) is 48.9 Å². The molecular weight excluding hydrogens is 284 g/mol. The van der Waals surface area contributed by atoms with E-state index in [-0.39, 0.29) is 11.9 Å². The highest BCUT2D eigenvalue weighted by Crippen LogP contribution is 2.19. The minimum Gasteiger partial charge on any atom is -0.374 e. The number of hydrogen-bond acceptors (Lipinski definition) is 2. The Hall–Kier alpha value is -2.81. The summed E-state index contributed by atoms with van der Waals surface area (Å²) in [5, 5.41) is 8.46. The molecule has 3 aromatic carbocycles. The normalized spacial score (nSPS) is 11.9. The molecule has 0 fully saturated rings. The summed E-state index contributed by atoms with van der Waals surface area (Å²) in [4.78, 5) is 12.3. The first-order valence-electron chi connectivity index (χ1n) is 7.75. The van der Waals surface area contributed by atoms with Crippen LogP contribution in [0.15, 0.2) is 66.7 Å². The van der Waals surface area contributed by atoms with Crippen LogP contribution in [0.25, 0.3) is 10.8 Å². The summed E-state index contributed by atoms with van der Waals surface area (Å²) < 4.78 is 0. The maximum atomic E-state index is 12.3. The van der Waals surface area contributed by atoms with E-state index >= 15 is 0 Å². The van der Waals surface area contributed by atoms with Crippen LogP contribution in [-0.4, -0.2) is 11.9 Å². The molecule has 2 N–H and O–H groups in total. The van der Waals surface area contributed by atoms with Crippen LogP contribution in [0.2, 0.25) is 0 Å². The van der Waals surface area contributed by atoms with Gasteiger partial charge < -0.3 is 10.6 Å². The molecule has 0 radical (unpaired) electrons. The lowest BCUT2D eigenvalue weighted by atomic mass is 10.1. The fourth-order valence-corrected chi connectivity index (χ4v) is 2.48. The van der Waals surface area contributed by atoms with Gasteiger partial charge in [-0.25, -0.2) is 0 Å². The molecular formula is C20H20N2O. The predicted octanol–water partition coefficient (Wildman–Crippen LogP) is 4.59. The fourth-order valence-electron chi connectivity index (χ4n) is 2.48. The van der Waals surface area contributed by atoms with Crippen LogP contribution in [0.4, 0.5) is 11.4 Å². The number of hydrogen-bond donors (Lipinski definition) is 2. The molecule has 0 aliphatic carbocycles. The number of carbonyl (C=O) groups excluding carboxylic acids is 1. The molecule has 0 aliphatic heterocycles. The maximum Gasteiger partial charge on any atom is 0.246 e. The van der Waals surface area contributed by atoms with E-state index in [1.54, 1.807) is 0 Å². The second kappa shape index (κ2) is 6.53. The van der Waals surface area contributed by atoms with Gasteiger partial charge in [0.25, 0.3) is 0 Å². The van der Waals surface area contributed by atoms with Crippen LogP contribution in [0.3, 0.4) is 0 Å². The van der Waals surface area contributed by atoms with Gasteiger partial charge in [0, 0.05) is 11.4 Å². The minimum atomic E-state index is -0.316. The zero-order valence-corrected chi connectivity index (χ0v) is 13.3. The van der Waals surface area contributed by atoms with Crippen molar-refractivity contribution in [2.75, 3.05) is 10.6 Å². The summed E-state index contributed by atoms with van der Waals surface area (Å²) in [6.07, 6.45) is 0. The van der Waals surface area contributed by atoms with Crippen molar-refractivity contribution >= 4 is 28.1 Å². The Bertz CT molecular complexity index is 824. The van der Waals surface area contributed by atoms with Crippen molar-refractivity contribution in [1.29, 1.82) is 0 Å². The van der Waals surface area contributed by atoms with Gasteiger partial charge in [0.05, 0.1) is 0 Å². The van der Waals surface area contributed by atoms with E-state index in [9.17, 15) is 4.79 Å². The van der Waals surface area contributed by atoms with Gasteiger partial charge in [0.15, 0.2) is 0 Å². The highest BCUT2D eigenvalue weighted by Gasteiger charge is 2.12. The average Bonchev–Trinajstić information content (AvgIpc) is 2.56. The molecule has 0 unspecified atom stereocenters. The first kappa shape index (κ1) is 15.1. The lowest BCUT2D eigenvalue weighted by Gasteiger charge is -2.15. The van der Waals surface area contributed by atoms with Crippen LogP contribution < -0.4 is 10.6 Å². The fraction of sp³-hybridized carbons (Fsp3) is 0.150. The first-order valence-corrected chi connectivity index (χ1v) is 7.75. The Morgan fingerprint density at radius 2 is 1.52 bits per heavy atom. The summed E-state index contributed by atoms with van der Waals surface area (Å²) in [5.74, 6) is -0.0548. The van der Waals surface area contributed by atoms with E-state index < -0.39 is 0 Å². The smallest absolute Gasteiger partial charge is 0.246 e. The van der Waals surface area contributed by atoms with E-state index in [2.05, 4.69) is 16.7 Å². The molecule has 3 nitrogen and oxygen atoms in total. The van der Waals surface area contributed by atoms with Crippen molar-refractivity contribution in [2.24, 2.45) is 0 Å². The SMILES string of the molecule is Cc1ccc(N[C@@H](C)C(=O)Nc2ccc3ccccc3c2)cc1. The van der Waals surface area contributed by atoms with Gasteiger partial charge in [-0.3, -0.25) is 4.79 Å². The zero-order valence-electron chi connectivity index (χ0n) is 13.3. The number of fused-ring (bicyclic) bond motifs is 1. The third kappa shape index (κ3) is 3.69. The van der Waals surface area contributed by atoms with Gasteiger partial charge in [-0.15, -0.1) is 0 Å². The van der Waals surface area contributed by atoms with Crippen LogP contribution in [-0.2, 0) is 4.79 Å². The second-order valence-corrected chi connectivity index (χ2v) is 5.78. The Kier molecular flexibility index (Phi) is 4.29. The number of anilines is 2. The average molecular weight is 304 g/mol. The number of carbonyl (C=O) groups is 1. The van der Waals surface area contributed by atoms with Crippen molar-refractivity contribution in [2.45, 2.75) is 19.9 Å². The van der Waals surface area contributed by atoms with E-state index in [0.29, 0.717) is 0 Å². The molecule has 0 spiro atoms. The van der Waals surface area contributed by atoms with E-state index in [0.717, 1.165) is 22.1 Å². The molecule has 23 heavy (non-hydrogen) atoms. The number of nitrogens with one attached hydrogen (secondary N) is 2. The van der Waals surface area contributed by atoms with E-state index in [1.165, 1.54) is 5.56 Å². The molecule has 3 aromatic rings. The summed E-state index contributed by atoms with van der Waals surface area (Å²) in [6, 6.07) is 21.7. The molecule has 0 saturated carbocycles. The Morgan fingerprint density at radius 3 is 2.26 bits per heavy atom. The molecule has 0 bridgehead atoms. The predicted molar refractivity (Wildman–Crippen MR) is 96.8 cm³/mol. The topological polar surface area (TPSA) is 41.1 Å². The van der Waals surface area contributed by atoms with Crippen LogP contribution in [0.5, 0.6) is 0 Å².